The van der Waals surface area contributed by atoms with Gasteiger partial charge in [-0.25, -0.2) is 0 Å². The average Bonchev–Trinajstić information content (AvgIpc) is 2.08. The lowest BCUT2D eigenvalue weighted by molar-refractivity contribution is 0.335. The van der Waals surface area contributed by atoms with Crippen LogP contribution in [-0.4, -0.2) is 38.1 Å². The summed E-state index contributed by atoms with van der Waals surface area (Å²) < 4.78 is 0. The van der Waals surface area contributed by atoms with Crippen molar-refractivity contribution in [2.24, 2.45) is 0 Å². The summed E-state index contributed by atoms with van der Waals surface area (Å²) in [7, 11) is 4.15. The summed E-state index contributed by atoms with van der Waals surface area (Å²) in [6, 6.07) is 0.685. The van der Waals surface area contributed by atoms with Crippen LogP contribution in [0.4, 0.5) is 0 Å². The summed E-state index contributed by atoms with van der Waals surface area (Å²) in [6.45, 7) is 6.83. The number of hydrogen-bond acceptors (Lipinski definition) is 2. The van der Waals surface area contributed by atoms with Crippen molar-refractivity contribution >= 4 is 0 Å². The van der Waals surface area contributed by atoms with Crippen LogP contribution in [0.1, 0.15) is 33.1 Å². The van der Waals surface area contributed by atoms with Crippen molar-refractivity contribution in [3.05, 3.63) is 0 Å². The Balaban J connectivity index is 0.000000202. The molecule has 2 nitrogen and oxygen atoms in total. The Hall–Kier alpha value is -0.0800. The fraction of sp³-hybridized carbons (Fsp3) is 1.00. The summed E-state index contributed by atoms with van der Waals surface area (Å²) in [4.78, 5) is 2.17. The largest absolute Gasteiger partial charge is 0.317 e. The highest BCUT2D eigenvalue weighted by molar-refractivity contribution is 4.55. The van der Waals surface area contributed by atoms with Crippen molar-refractivity contribution in [2.45, 2.75) is 39.2 Å². The van der Waals surface area contributed by atoms with Crippen LogP contribution < -0.4 is 5.32 Å². The first kappa shape index (κ1) is 11.9. The molecule has 1 aliphatic rings. The van der Waals surface area contributed by atoms with Gasteiger partial charge in [0.25, 0.3) is 0 Å². The van der Waals surface area contributed by atoms with Gasteiger partial charge >= 0.3 is 0 Å². The molecular formula is C10H24N2. The summed E-state index contributed by atoms with van der Waals surface area (Å²) in [6.07, 6.45) is 4.22. The van der Waals surface area contributed by atoms with Gasteiger partial charge in [-0.3, -0.25) is 0 Å². The summed E-state index contributed by atoms with van der Waals surface area (Å²) in [5, 5.41) is 3.28. The zero-order valence-corrected chi connectivity index (χ0v) is 9.06. The van der Waals surface area contributed by atoms with E-state index in [4.69, 9.17) is 0 Å². The first-order valence-electron chi connectivity index (χ1n) is 5.01. The van der Waals surface area contributed by atoms with Crippen LogP contribution in [0, 0.1) is 0 Å². The lowest BCUT2D eigenvalue weighted by Gasteiger charge is -2.12. The molecule has 0 aliphatic carbocycles. The molecule has 0 aromatic rings. The van der Waals surface area contributed by atoms with Crippen molar-refractivity contribution in [1.82, 2.24) is 10.2 Å². The van der Waals surface area contributed by atoms with E-state index < -0.39 is 0 Å². The second-order valence-electron chi connectivity index (χ2n) is 3.87. The third-order valence-corrected chi connectivity index (χ3v) is 2.24. The highest BCUT2D eigenvalue weighted by Gasteiger charge is 1.93. The molecule has 1 N–H and O–H groups in total. The number of hydrogen-bond donors (Lipinski definition) is 1. The molecule has 0 radical (unpaired) electrons. The van der Waals surface area contributed by atoms with E-state index in [1.807, 2.05) is 0 Å². The van der Waals surface area contributed by atoms with E-state index in [1.54, 1.807) is 0 Å². The van der Waals surface area contributed by atoms with Crippen LogP contribution in [0.5, 0.6) is 0 Å². The molecule has 12 heavy (non-hydrogen) atoms. The molecule has 0 aromatic carbocycles. The lowest BCUT2D eigenvalue weighted by Crippen LogP contribution is -2.21. The van der Waals surface area contributed by atoms with Crippen LogP contribution in [0.25, 0.3) is 0 Å². The smallest absolute Gasteiger partial charge is 0.00324 e. The van der Waals surface area contributed by atoms with Crippen molar-refractivity contribution in [3.63, 3.8) is 0 Å². The molecule has 1 heterocycles. The standard InChI is InChI=1S/C5H11N.C5H13N/c1-2-4-6-5-3-1;1-5(2)6(3)4/h6H,1-5H2;5H,1-4H3. The van der Waals surface area contributed by atoms with E-state index in [0.29, 0.717) is 6.04 Å². The Kier molecular flexibility index (Phi) is 7.51. The van der Waals surface area contributed by atoms with Gasteiger partial charge in [0.1, 0.15) is 0 Å². The maximum absolute atomic E-state index is 3.28. The fourth-order valence-electron chi connectivity index (χ4n) is 0.802. The van der Waals surface area contributed by atoms with Crippen molar-refractivity contribution in [3.8, 4) is 0 Å². The quantitative estimate of drug-likeness (QED) is 0.648. The van der Waals surface area contributed by atoms with E-state index in [9.17, 15) is 0 Å². The van der Waals surface area contributed by atoms with Gasteiger partial charge in [0.15, 0.2) is 0 Å². The third kappa shape index (κ3) is 8.02. The monoisotopic (exact) mass is 172 g/mol. The number of nitrogens with one attached hydrogen (secondary N) is 1. The average molecular weight is 172 g/mol. The van der Waals surface area contributed by atoms with Crippen LogP contribution in [0.2, 0.25) is 0 Å². The lowest BCUT2D eigenvalue weighted by atomic mass is 10.2. The molecule has 0 aromatic heterocycles. The summed E-state index contributed by atoms with van der Waals surface area (Å²) >= 11 is 0. The van der Waals surface area contributed by atoms with Gasteiger partial charge in [0.05, 0.1) is 0 Å². The molecule has 1 fully saturated rings. The van der Waals surface area contributed by atoms with Crippen LogP contribution >= 0.6 is 0 Å². The second kappa shape index (κ2) is 7.56. The SMILES string of the molecule is C1CCNCC1.CC(C)N(C)C. The van der Waals surface area contributed by atoms with Gasteiger partial charge in [0, 0.05) is 6.04 Å². The van der Waals surface area contributed by atoms with Crippen LogP contribution in [0.15, 0.2) is 0 Å². The van der Waals surface area contributed by atoms with E-state index in [2.05, 4.69) is 38.2 Å². The topological polar surface area (TPSA) is 15.3 Å². The minimum absolute atomic E-state index is 0.685. The van der Waals surface area contributed by atoms with Gasteiger partial charge in [0.2, 0.25) is 0 Å². The molecule has 0 amide bonds. The van der Waals surface area contributed by atoms with Crippen LogP contribution in [0.3, 0.4) is 0 Å². The maximum Gasteiger partial charge on any atom is 0.00324 e. The highest BCUT2D eigenvalue weighted by atomic mass is 15.1. The number of piperidine rings is 1. The minimum Gasteiger partial charge on any atom is -0.317 e. The third-order valence-electron chi connectivity index (χ3n) is 2.24. The fourth-order valence-corrected chi connectivity index (χ4v) is 0.802. The Morgan fingerprint density at radius 2 is 1.42 bits per heavy atom. The molecule has 2 heteroatoms. The molecule has 1 aliphatic heterocycles. The molecule has 0 bridgehead atoms. The predicted molar refractivity (Wildman–Crippen MR) is 55.5 cm³/mol. The Labute approximate surface area is 77.3 Å². The number of rotatable bonds is 1. The minimum atomic E-state index is 0.685. The zero-order valence-electron chi connectivity index (χ0n) is 9.06. The Morgan fingerprint density at radius 1 is 1.00 bits per heavy atom. The van der Waals surface area contributed by atoms with Gasteiger partial charge < -0.3 is 10.2 Å². The summed E-state index contributed by atoms with van der Waals surface area (Å²) in [5.41, 5.74) is 0. The second-order valence-corrected chi connectivity index (χ2v) is 3.87. The predicted octanol–water partition coefficient (Wildman–Crippen LogP) is 1.72. The van der Waals surface area contributed by atoms with E-state index >= 15 is 0 Å². The molecule has 1 rings (SSSR count). The Bertz CT molecular complexity index is 68.3. The Morgan fingerprint density at radius 3 is 1.50 bits per heavy atom. The number of nitrogens with zero attached hydrogens (tertiary/aromatic N) is 1. The first-order chi connectivity index (χ1) is 5.64. The van der Waals surface area contributed by atoms with Crippen molar-refractivity contribution < 1.29 is 0 Å². The molecule has 0 saturated carbocycles. The van der Waals surface area contributed by atoms with Crippen LogP contribution in [-0.2, 0) is 0 Å². The molecule has 0 spiro atoms. The van der Waals surface area contributed by atoms with E-state index in [1.165, 1.54) is 32.4 Å². The molecule has 74 valence electrons. The van der Waals surface area contributed by atoms with Gasteiger partial charge in [-0.2, -0.15) is 0 Å². The first-order valence-corrected chi connectivity index (χ1v) is 5.01. The van der Waals surface area contributed by atoms with Crippen molar-refractivity contribution in [2.75, 3.05) is 27.2 Å². The summed E-state index contributed by atoms with van der Waals surface area (Å²) in [5.74, 6) is 0. The highest BCUT2D eigenvalue weighted by Crippen LogP contribution is 1.96. The van der Waals surface area contributed by atoms with Gasteiger partial charge in [-0.1, -0.05) is 6.42 Å². The van der Waals surface area contributed by atoms with E-state index in [0.717, 1.165) is 0 Å². The molecule has 1 saturated heterocycles. The molecule has 0 atom stereocenters. The molecule has 0 unspecified atom stereocenters. The maximum atomic E-state index is 3.28. The van der Waals surface area contributed by atoms with E-state index in [-0.39, 0.29) is 0 Å². The normalized spacial score (nSPS) is 17.5. The van der Waals surface area contributed by atoms with Crippen molar-refractivity contribution in [1.29, 1.82) is 0 Å². The van der Waals surface area contributed by atoms with Gasteiger partial charge in [-0.05, 0) is 53.9 Å². The van der Waals surface area contributed by atoms with Gasteiger partial charge in [-0.15, -0.1) is 0 Å². The zero-order chi connectivity index (χ0) is 9.40. The molecular weight excluding hydrogens is 148 g/mol.